The third-order valence-corrected chi connectivity index (χ3v) is 2.86. The maximum atomic E-state index is 8.85. The van der Waals surface area contributed by atoms with Crippen molar-refractivity contribution in [3.63, 3.8) is 0 Å². The van der Waals surface area contributed by atoms with Crippen molar-refractivity contribution in [1.82, 2.24) is 4.90 Å². The molecule has 0 aromatic heterocycles. The summed E-state index contributed by atoms with van der Waals surface area (Å²) < 4.78 is 0. The highest BCUT2D eigenvalue weighted by molar-refractivity contribution is 5.85. The minimum Gasteiger partial charge on any atom is -0.395 e. The SMILES string of the molecule is CN(CCO)Cc1cccc2c1NCC2.Cl. The van der Waals surface area contributed by atoms with E-state index in [1.807, 2.05) is 7.05 Å². The van der Waals surface area contributed by atoms with E-state index >= 15 is 0 Å². The van der Waals surface area contributed by atoms with Crippen LogP contribution in [0.25, 0.3) is 0 Å². The smallest absolute Gasteiger partial charge is 0.0558 e. The summed E-state index contributed by atoms with van der Waals surface area (Å²) in [7, 11) is 2.03. The van der Waals surface area contributed by atoms with Gasteiger partial charge in [0.1, 0.15) is 0 Å². The van der Waals surface area contributed by atoms with Gasteiger partial charge in [0.25, 0.3) is 0 Å². The van der Waals surface area contributed by atoms with Gasteiger partial charge in [0.05, 0.1) is 6.61 Å². The third kappa shape index (κ3) is 2.88. The van der Waals surface area contributed by atoms with Gasteiger partial charge in [-0.3, -0.25) is 4.90 Å². The molecule has 0 unspecified atom stereocenters. The van der Waals surface area contributed by atoms with Crippen molar-refractivity contribution >= 4 is 18.1 Å². The molecule has 0 atom stereocenters. The van der Waals surface area contributed by atoms with Gasteiger partial charge in [0.2, 0.25) is 0 Å². The highest BCUT2D eigenvalue weighted by Crippen LogP contribution is 2.26. The lowest BCUT2D eigenvalue weighted by molar-refractivity contribution is 0.217. The van der Waals surface area contributed by atoms with Crippen molar-refractivity contribution in [2.75, 3.05) is 32.1 Å². The monoisotopic (exact) mass is 242 g/mol. The number of rotatable bonds is 4. The molecular formula is C12H19ClN2O. The zero-order valence-corrected chi connectivity index (χ0v) is 10.4. The van der Waals surface area contributed by atoms with Gasteiger partial charge in [-0.25, -0.2) is 0 Å². The van der Waals surface area contributed by atoms with E-state index in [1.165, 1.54) is 16.8 Å². The molecule has 4 heteroatoms. The third-order valence-electron chi connectivity index (χ3n) is 2.86. The van der Waals surface area contributed by atoms with Crippen LogP contribution in [-0.2, 0) is 13.0 Å². The van der Waals surface area contributed by atoms with Crippen LogP contribution in [0.4, 0.5) is 5.69 Å². The van der Waals surface area contributed by atoms with Crippen molar-refractivity contribution in [3.05, 3.63) is 29.3 Å². The molecule has 0 fully saturated rings. The quantitative estimate of drug-likeness (QED) is 0.840. The van der Waals surface area contributed by atoms with E-state index in [0.29, 0.717) is 0 Å². The minimum absolute atomic E-state index is 0. The molecule has 0 aliphatic carbocycles. The first-order valence-electron chi connectivity index (χ1n) is 5.45. The van der Waals surface area contributed by atoms with E-state index in [4.69, 9.17) is 5.11 Å². The molecule has 0 saturated carbocycles. The number of likely N-dealkylation sites (N-methyl/N-ethyl adjacent to an activating group) is 1. The number of nitrogens with zero attached hydrogens (tertiary/aromatic N) is 1. The van der Waals surface area contributed by atoms with Crippen LogP contribution in [0.3, 0.4) is 0 Å². The van der Waals surface area contributed by atoms with E-state index in [1.54, 1.807) is 0 Å². The molecule has 3 nitrogen and oxygen atoms in total. The van der Waals surface area contributed by atoms with Gasteiger partial charge < -0.3 is 10.4 Å². The Labute approximate surface area is 103 Å². The number of benzene rings is 1. The molecule has 0 radical (unpaired) electrons. The fourth-order valence-electron chi connectivity index (χ4n) is 2.08. The zero-order chi connectivity index (χ0) is 10.7. The molecule has 16 heavy (non-hydrogen) atoms. The van der Waals surface area contributed by atoms with Crippen molar-refractivity contribution in [2.24, 2.45) is 0 Å². The van der Waals surface area contributed by atoms with Gasteiger partial charge in [0.15, 0.2) is 0 Å². The van der Waals surface area contributed by atoms with Gasteiger partial charge in [0, 0.05) is 25.3 Å². The van der Waals surface area contributed by atoms with Crippen LogP contribution in [0.2, 0.25) is 0 Å². The second kappa shape index (κ2) is 6.09. The second-order valence-electron chi connectivity index (χ2n) is 4.09. The fraction of sp³-hybridized carbons (Fsp3) is 0.500. The summed E-state index contributed by atoms with van der Waals surface area (Å²) >= 11 is 0. The number of nitrogens with one attached hydrogen (secondary N) is 1. The Bertz CT molecular complexity index is 344. The molecule has 2 rings (SSSR count). The molecule has 1 heterocycles. The fourth-order valence-corrected chi connectivity index (χ4v) is 2.08. The molecule has 0 bridgehead atoms. The van der Waals surface area contributed by atoms with Crippen LogP contribution in [0.5, 0.6) is 0 Å². The maximum Gasteiger partial charge on any atom is 0.0558 e. The lowest BCUT2D eigenvalue weighted by Gasteiger charge is -2.17. The van der Waals surface area contributed by atoms with Gasteiger partial charge in [-0.15, -0.1) is 12.4 Å². The van der Waals surface area contributed by atoms with Gasteiger partial charge in [-0.05, 0) is 24.6 Å². The summed E-state index contributed by atoms with van der Waals surface area (Å²) in [6, 6.07) is 6.46. The maximum absolute atomic E-state index is 8.85. The number of halogens is 1. The predicted octanol–water partition coefficient (Wildman–Crippen LogP) is 1.50. The molecular weight excluding hydrogens is 224 g/mol. The zero-order valence-electron chi connectivity index (χ0n) is 9.57. The van der Waals surface area contributed by atoms with Crippen molar-refractivity contribution in [3.8, 4) is 0 Å². The lowest BCUT2D eigenvalue weighted by Crippen LogP contribution is -2.21. The van der Waals surface area contributed by atoms with Crippen LogP contribution in [0.15, 0.2) is 18.2 Å². The van der Waals surface area contributed by atoms with E-state index in [0.717, 1.165) is 26.1 Å². The van der Waals surface area contributed by atoms with Crippen molar-refractivity contribution in [2.45, 2.75) is 13.0 Å². The number of anilines is 1. The van der Waals surface area contributed by atoms with Crippen LogP contribution < -0.4 is 5.32 Å². The molecule has 1 aromatic carbocycles. The first kappa shape index (κ1) is 13.3. The largest absolute Gasteiger partial charge is 0.395 e. The second-order valence-corrected chi connectivity index (χ2v) is 4.09. The van der Waals surface area contributed by atoms with E-state index in [9.17, 15) is 0 Å². The highest BCUT2D eigenvalue weighted by atomic mass is 35.5. The normalized spacial score (nSPS) is 13.2. The average molecular weight is 243 g/mol. The van der Waals surface area contributed by atoms with E-state index in [-0.39, 0.29) is 19.0 Å². The summed E-state index contributed by atoms with van der Waals surface area (Å²) in [6.45, 7) is 2.90. The Morgan fingerprint density at radius 2 is 2.25 bits per heavy atom. The number of fused-ring (bicyclic) bond motifs is 1. The Balaban J connectivity index is 0.00000128. The molecule has 1 aliphatic rings. The van der Waals surface area contributed by atoms with Crippen molar-refractivity contribution < 1.29 is 5.11 Å². The predicted molar refractivity (Wildman–Crippen MR) is 69.3 cm³/mol. The number of hydrogen-bond acceptors (Lipinski definition) is 3. The van der Waals surface area contributed by atoms with E-state index < -0.39 is 0 Å². The van der Waals surface area contributed by atoms with Gasteiger partial charge in [-0.1, -0.05) is 18.2 Å². The van der Waals surface area contributed by atoms with Gasteiger partial charge in [-0.2, -0.15) is 0 Å². The first-order valence-corrected chi connectivity index (χ1v) is 5.45. The summed E-state index contributed by atoms with van der Waals surface area (Å²) in [5.74, 6) is 0. The van der Waals surface area contributed by atoms with Crippen LogP contribution in [-0.4, -0.2) is 36.8 Å². The minimum atomic E-state index is 0. The molecule has 1 aliphatic heterocycles. The molecule has 0 spiro atoms. The number of aliphatic hydroxyl groups is 1. The number of para-hydroxylation sites is 1. The van der Waals surface area contributed by atoms with E-state index in [2.05, 4.69) is 28.4 Å². The van der Waals surface area contributed by atoms with Crippen LogP contribution >= 0.6 is 12.4 Å². The first-order chi connectivity index (χ1) is 7.31. The Kier molecular flexibility index (Phi) is 5.06. The Morgan fingerprint density at radius 3 is 3.00 bits per heavy atom. The Hall–Kier alpha value is -0.770. The lowest BCUT2D eigenvalue weighted by atomic mass is 10.1. The summed E-state index contributed by atoms with van der Waals surface area (Å²) in [5.41, 5.74) is 4.06. The van der Waals surface area contributed by atoms with Gasteiger partial charge >= 0.3 is 0 Å². The summed E-state index contributed by atoms with van der Waals surface area (Å²) in [6.07, 6.45) is 1.13. The average Bonchev–Trinajstić information content (AvgIpc) is 2.67. The highest BCUT2D eigenvalue weighted by Gasteiger charge is 2.14. The number of hydrogen-bond donors (Lipinski definition) is 2. The summed E-state index contributed by atoms with van der Waals surface area (Å²) in [5, 5.41) is 12.3. The van der Waals surface area contributed by atoms with Crippen molar-refractivity contribution in [1.29, 1.82) is 0 Å². The molecule has 0 saturated heterocycles. The standard InChI is InChI=1S/C12H18N2O.ClH/c1-14(7-8-15)9-11-4-2-3-10-5-6-13-12(10)11;/h2-4,13,15H,5-9H2,1H3;1H. The summed E-state index contributed by atoms with van der Waals surface area (Å²) in [4.78, 5) is 2.13. The topological polar surface area (TPSA) is 35.5 Å². The van der Waals surface area contributed by atoms with Crippen LogP contribution in [0.1, 0.15) is 11.1 Å². The molecule has 0 amide bonds. The van der Waals surface area contributed by atoms with Crippen LogP contribution in [0, 0.1) is 0 Å². The Morgan fingerprint density at radius 1 is 1.44 bits per heavy atom. The molecule has 1 aromatic rings. The molecule has 90 valence electrons. The number of aliphatic hydroxyl groups excluding tert-OH is 1. The molecule has 2 N–H and O–H groups in total.